The van der Waals surface area contributed by atoms with Crippen molar-refractivity contribution in [1.29, 1.82) is 0 Å². The Morgan fingerprint density at radius 1 is 1.29 bits per heavy atom. The number of H-pyrrole nitrogens is 1. The van der Waals surface area contributed by atoms with Gasteiger partial charge < -0.3 is 15.0 Å². The average molecular weight is 302 g/mol. The molecule has 0 spiro atoms. The molecular formula is C15H18N4OS. The van der Waals surface area contributed by atoms with Crippen molar-refractivity contribution in [2.24, 2.45) is 5.10 Å². The van der Waals surface area contributed by atoms with Gasteiger partial charge in [-0.3, -0.25) is 5.43 Å². The van der Waals surface area contributed by atoms with E-state index in [0.717, 1.165) is 22.7 Å². The van der Waals surface area contributed by atoms with Gasteiger partial charge in [-0.2, -0.15) is 5.10 Å². The van der Waals surface area contributed by atoms with Crippen LogP contribution in [-0.2, 0) is 6.54 Å². The Morgan fingerprint density at radius 2 is 2.05 bits per heavy atom. The van der Waals surface area contributed by atoms with Crippen molar-refractivity contribution in [2.45, 2.75) is 13.5 Å². The second kappa shape index (κ2) is 7.44. The van der Waals surface area contributed by atoms with Crippen molar-refractivity contribution in [3.63, 3.8) is 0 Å². The maximum Gasteiger partial charge on any atom is 0.187 e. The summed E-state index contributed by atoms with van der Waals surface area (Å²) in [5, 5.41) is 7.80. The number of aromatic nitrogens is 1. The van der Waals surface area contributed by atoms with Crippen molar-refractivity contribution >= 4 is 23.0 Å². The van der Waals surface area contributed by atoms with Crippen molar-refractivity contribution in [3.8, 4) is 5.75 Å². The summed E-state index contributed by atoms with van der Waals surface area (Å²) in [5.74, 6) is 0.839. The van der Waals surface area contributed by atoms with Crippen molar-refractivity contribution < 1.29 is 4.74 Å². The Hall–Kier alpha value is -2.34. The number of ether oxygens (including phenoxy) is 1. The predicted octanol–water partition coefficient (Wildman–Crippen LogP) is 2.41. The molecule has 21 heavy (non-hydrogen) atoms. The van der Waals surface area contributed by atoms with Crippen LogP contribution in [-0.4, -0.2) is 22.9 Å². The number of thiocarbonyl (C=S) groups is 1. The predicted molar refractivity (Wildman–Crippen MR) is 88.6 cm³/mol. The highest BCUT2D eigenvalue weighted by Crippen LogP contribution is 2.10. The second-order valence-corrected chi connectivity index (χ2v) is 4.83. The van der Waals surface area contributed by atoms with Gasteiger partial charge in [-0.15, -0.1) is 0 Å². The van der Waals surface area contributed by atoms with Crippen LogP contribution in [0.4, 0.5) is 0 Å². The highest BCUT2D eigenvalue weighted by molar-refractivity contribution is 7.80. The highest BCUT2D eigenvalue weighted by atomic mass is 32.1. The number of hydrogen-bond acceptors (Lipinski definition) is 3. The third-order valence-corrected chi connectivity index (χ3v) is 3.16. The molecule has 2 rings (SSSR count). The van der Waals surface area contributed by atoms with Gasteiger partial charge in [0, 0.05) is 12.7 Å². The van der Waals surface area contributed by atoms with E-state index in [1.807, 2.05) is 49.5 Å². The molecule has 3 N–H and O–H groups in total. The molecule has 2 aromatic rings. The van der Waals surface area contributed by atoms with Crippen LogP contribution in [0.1, 0.15) is 18.2 Å². The lowest BCUT2D eigenvalue weighted by molar-refractivity contribution is 0.414. The normalized spacial score (nSPS) is 11.0. The van der Waals surface area contributed by atoms with Crippen LogP contribution >= 0.6 is 12.2 Å². The number of rotatable bonds is 5. The summed E-state index contributed by atoms with van der Waals surface area (Å²) in [4.78, 5) is 3.08. The topological polar surface area (TPSA) is 61.4 Å². The Morgan fingerprint density at radius 3 is 2.67 bits per heavy atom. The van der Waals surface area contributed by atoms with Crippen LogP contribution in [0, 0.1) is 0 Å². The first kappa shape index (κ1) is 15.1. The molecule has 6 heteroatoms. The third kappa shape index (κ3) is 4.61. The summed E-state index contributed by atoms with van der Waals surface area (Å²) >= 11 is 5.19. The van der Waals surface area contributed by atoms with Crippen LogP contribution in [0.15, 0.2) is 47.7 Å². The number of nitrogens with one attached hydrogen (secondary N) is 3. The summed E-state index contributed by atoms with van der Waals surface area (Å²) < 4.78 is 5.12. The highest BCUT2D eigenvalue weighted by Gasteiger charge is 1.99. The summed E-state index contributed by atoms with van der Waals surface area (Å²) in [6, 6.07) is 11.7. The maximum absolute atomic E-state index is 5.19. The molecule has 1 heterocycles. The molecule has 0 aliphatic heterocycles. The lowest BCUT2D eigenvalue weighted by atomic mass is 10.2. The standard InChI is InChI=1S/C15H18N4OS/c1-11(14-4-3-9-16-14)18-19-15(21)17-10-12-5-7-13(20-2)8-6-12/h3-9,16H,10H2,1-2H3,(H2,17,19,21)/b18-11+. The third-order valence-electron chi connectivity index (χ3n) is 2.93. The molecule has 5 nitrogen and oxygen atoms in total. The summed E-state index contributed by atoms with van der Waals surface area (Å²) in [6.45, 7) is 2.54. The molecule has 0 saturated carbocycles. The van der Waals surface area contributed by atoms with Gasteiger partial charge >= 0.3 is 0 Å². The molecule has 0 aliphatic carbocycles. The first-order valence-corrected chi connectivity index (χ1v) is 6.94. The number of benzene rings is 1. The molecule has 0 aliphatic rings. The Bertz CT molecular complexity index is 605. The molecular weight excluding hydrogens is 284 g/mol. The van der Waals surface area contributed by atoms with Crippen LogP contribution in [0.2, 0.25) is 0 Å². The minimum absolute atomic E-state index is 0.483. The van der Waals surface area contributed by atoms with Gasteiger partial charge in [0.15, 0.2) is 5.11 Å². The van der Waals surface area contributed by atoms with E-state index in [-0.39, 0.29) is 0 Å². The van der Waals surface area contributed by atoms with E-state index in [4.69, 9.17) is 17.0 Å². The maximum atomic E-state index is 5.19. The zero-order valence-electron chi connectivity index (χ0n) is 12.0. The zero-order valence-corrected chi connectivity index (χ0v) is 12.8. The molecule has 110 valence electrons. The quantitative estimate of drug-likeness (QED) is 0.451. The van der Waals surface area contributed by atoms with E-state index in [1.54, 1.807) is 7.11 Å². The van der Waals surface area contributed by atoms with E-state index in [0.29, 0.717) is 11.7 Å². The van der Waals surface area contributed by atoms with Crippen LogP contribution in [0.3, 0.4) is 0 Å². The lowest BCUT2D eigenvalue weighted by Gasteiger charge is -2.08. The van der Waals surface area contributed by atoms with Crippen LogP contribution < -0.4 is 15.5 Å². The van der Waals surface area contributed by atoms with E-state index in [1.165, 1.54) is 0 Å². The monoisotopic (exact) mass is 302 g/mol. The van der Waals surface area contributed by atoms with E-state index < -0.39 is 0 Å². The van der Waals surface area contributed by atoms with E-state index in [2.05, 4.69) is 20.8 Å². The molecule has 0 bridgehead atoms. The average Bonchev–Trinajstić information content (AvgIpc) is 3.05. The fraction of sp³-hybridized carbons (Fsp3) is 0.200. The fourth-order valence-corrected chi connectivity index (χ4v) is 1.83. The fourth-order valence-electron chi connectivity index (χ4n) is 1.72. The SMILES string of the molecule is COc1ccc(CNC(=S)N/N=C(\C)c2ccc[nH]2)cc1. The summed E-state index contributed by atoms with van der Waals surface area (Å²) in [5.41, 5.74) is 5.74. The minimum Gasteiger partial charge on any atom is -0.497 e. The van der Waals surface area contributed by atoms with Crippen molar-refractivity contribution in [3.05, 3.63) is 53.9 Å². The minimum atomic E-state index is 0.483. The summed E-state index contributed by atoms with van der Waals surface area (Å²) in [6.07, 6.45) is 1.86. The first-order valence-electron chi connectivity index (χ1n) is 6.54. The smallest absolute Gasteiger partial charge is 0.187 e. The van der Waals surface area contributed by atoms with Crippen LogP contribution in [0.25, 0.3) is 0 Å². The molecule has 1 aromatic heterocycles. The molecule has 1 aromatic carbocycles. The second-order valence-electron chi connectivity index (χ2n) is 4.42. The Labute approximate surface area is 129 Å². The molecule has 0 amide bonds. The number of hydrazone groups is 1. The number of methoxy groups -OCH3 is 1. The Kier molecular flexibility index (Phi) is 5.34. The van der Waals surface area contributed by atoms with Crippen molar-refractivity contribution in [2.75, 3.05) is 7.11 Å². The lowest BCUT2D eigenvalue weighted by Crippen LogP contribution is -2.32. The van der Waals surface area contributed by atoms with Crippen molar-refractivity contribution in [1.82, 2.24) is 15.7 Å². The largest absolute Gasteiger partial charge is 0.497 e. The van der Waals surface area contributed by atoms with Gasteiger partial charge in [0.2, 0.25) is 0 Å². The van der Waals surface area contributed by atoms with Crippen LogP contribution in [0.5, 0.6) is 5.75 Å². The molecule has 0 atom stereocenters. The number of aromatic amines is 1. The first-order chi connectivity index (χ1) is 10.2. The number of nitrogens with zero attached hydrogens (tertiary/aromatic N) is 1. The van der Waals surface area contributed by atoms with Gasteiger partial charge in [-0.25, -0.2) is 0 Å². The molecule has 0 fully saturated rings. The molecule has 0 saturated heterocycles. The van der Waals surface area contributed by atoms with E-state index in [9.17, 15) is 0 Å². The summed E-state index contributed by atoms with van der Waals surface area (Å²) in [7, 11) is 1.65. The molecule has 0 radical (unpaired) electrons. The van der Waals surface area contributed by atoms with E-state index >= 15 is 0 Å². The Balaban J connectivity index is 1.80. The van der Waals surface area contributed by atoms with Gasteiger partial charge in [0.1, 0.15) is 5.75 Å². The molecule has 0 unspecified atom stereocenters. The van der Waals surface area contributed by atoms with Gasteiger partial charge in [0.25, 0.3) is 0 Å². The number of hydrogen-bond donors (Lipinski definition) is 3. The zero-order chi connectivity index (χ0) is 15.1. The van der Waals surface area contributed by atoms with Gasteiger partial charge in [0.05, 0.1) is 18.5 Å². The van der Waals surface area contributed by atoms with Gasteiger partial charge in [-0.1, -0.05) is 12.1 Å². The van der Waals surface area contributed by atoms with Gasteiger partial charge in [-0.05, 0) is 49.0 Å².